The van der Waals surface area contributed by atoms with Crippen LogP contribution in [0.4, 0.5) is 5.69 Å². The number of amides is 1. The van der Waals surface area contributed by atoms with E-state index >= 15 is 0 Å². The normalized spacial score (nSPS) is 12.3. The first-order valence-corrected chi connectivity index (χ1v) is 10.1. The Kier molecular flexibility index (Phi) is 4.86. The lowest BCUT2D eigenvalue weighted by Crippen LogP contribution is -2.38. The Morgan fingerprint density at radius 3 is 2.47 bits per heavy atom. The molecule has 0 aliphatic rings. The monoisotopic (exact) mass is 424 g/mol. The largest absolute Gasteiger partial charge is 0.332 e. The molecule has 9 nitrogen and oxygen atoms in total. The minimum Gasteiger partial charge on any atom is -0.324 e. The molecule has 1 atom stereocenters. The Labute approximate surface area is 175 Å². The third-order valence-electron chi connectivity index (χ3n) is 5.07. The molecule has 0 bridgehead atoms. The lowest BCUT2D eigenvalue weighted by Gasteiger charge is -2.16. The van der Waals surface area contributed by atoms with E-state index in [9.17, 15) is 14.4 Å². The fourth-order valence-electron chi connectivity index (χ4n) is 3.42. The number of carbonyl (C=O) groups is 1. The molecule has 4 aromatic rings. The predicted molar refractivity (Wildman–Crippen MR) is 116 cm³/mol. The van der Waals surface area contributed by atoms with Crippen molar-refractivity contribution in [2.45, 2.75) is 19.9 Å². The number of hydrogen-bond acceptors (Lipinski definition) is 6. The molecule has 1 aromatic carbocycles. The van der Waals surface area contributed by atoms with E-state index in [1.165, 1.54) is 11.6 Å². The van der Waals surface area contributed by atoms with Gasteiger partial charge in [0.1, 0.15) is 16.9 Å². The highest BCUT2D eigenvalue weighted by molar-refractivity contribution is 7.13. The quantitative estimate of drug-likeness (QED) is 0.540. The average molecular weight is 424 g/mol. The van der Waals surface area contributed by atoms with Crippen LogP contribution in [0.25, 0.3) is 21.7 Å². The summed E-state index contributed by atoms with van der Waals surface area (Å²) in [5.74, 6) is 0.181. The summed E-state index contributed by atoms with van der Waals surface area (Å²) < 4.78 is 3.89. The van der Waals surface area contributed by atoms with E-state index in [4.69, 9.17) is 0 Å². The number of imidazole rings is 1. The number of aromatic nitrogens is 5. The number of nitrogens with one attached hydrogen (secondary N) is 1. The van der Waals surface area contributed by atoms with Gasteiger partial charge in [-0.2, -0.15) is 0 Å². The van der Waals surface area contributed by atoms with Crippen molar-refractivity contribution in [3.63, 3.8) is 0 Å². The van der Waals surface area contributed by atoms with E-state index < -0.39 is 17.3 Å². The van der Waals surface area contributed by atoms with Gasteiger partial charge in [-0.1, -0.05) is 0 Å². The molecular formula is C20H20N6O3S. The van der Waals surface area contributed by atoms with Crippen molar-refractivity contribution in [1.29, 1.82) is 0 Å². The molecule has 0 aliphatic heterocycles. The van der Waals surface area contributed by atoms with E-state index in [1.807, 2.05) is 29.6 Å². The first-order chi connectivity index (χ1) is 14.3. The van der Waals surface area contributed by atoms with E-state index in [2.05, 4.69) is 15.3 Å². The standard InChI is InChI=1S/C20H20N6O3S/c1-11(17(27)23-14-7-5-13(6-8-14)18-21-9-10-30-18)26-12(2)22-16-15(26)19(28)25(4)20(29)24(16)3/h5-11H,1-4H3,(H,23,27)/t11-/m0/s1. The molecule has 154 valence electrons. The predicted octanol–water partition coefficient (Wildman–Crippen LogP) is 2.07. The molecule has 0 fully saturated rings. The second-order valence-electron chi connectivity index (χ2n) is 6.99. The van der Waals surface area contributed by atoms with Gasteiger partial charge in [0, 0.05) is 36.9 Å². The zero-order valence-electron chi connectivity index (χ0n) is 16.9. The maximum atomic E-state index is 12.9. The highest BCUT2D eigenvalue weighted by atomic mass is 32.1. The van der Waals surface area contributed by atoms with Crippen LogP contribution in [0, 0.1) is 6.92 Å². The summed E-state index contributed by atoms with van der Waals surface area (Å²) in [5, 5.41) is 5.69. The highest BCUT2D eigenvalue weighted by Gasteiger charge is 2.24. The number of rotatable bonds is 4. The van der Waals surface area contributed by atoms with E-state index in [1.54, 1.807) is 43.0 Å². The van der Waals surface area contributed by atoms with Gasteiger partial charge in [0.2, 0.25) is 5.91 Å². The van der Waals surface area contributed by atoms with Crippen molar-refractivity contribution in [3.05, 3.63) is 62.5 Å². The molecule has 0 saturated heterocycles. The number of anilines is 1. The number of hydrogen-bond donors (Lipinski definition) is 1. The number of carbonyl (C=O) groups excluding carboxylic acids is 1. The molecule has 1 N–H and O–H groups in total. The smallest absolute Gasteiger partial charge is 0.324 e. The van der Waals surface area contributed by atoms with Crippen LogP contribution in [0.15, 0.2) is 45.4 Å². The summed E-state index contributed by atoms with van der Waals surface area (Å²) in [7, 11) is 2.96. The van der Waals surface area contributed by atoms with Crippen molar-refractivity contribution in [3.8, 4) is 10.6 Å². The highest BCUT2D eigenvalue weighted by Crippen LogP contribution is 2.24. The molecule has 4 rings (SSSR count). The second-order valence-corrected chi connectivity index (χ2v) is 7.88. The summed E-state index contributed by atoms with van der Waals surface area (Å²) in [5.41, 5.74) is 1.13. The SMILES string of the molecule is Cc1nc2c(c(=O)n(C)c(=O)n2C)n1[C@@H](C)C(=O)Nc1ccc(-c2nccs2)cc1. The van der Waals surface area contributed by atoms with E-state index in [0.29, 0.717) is 11.5 Å². The molecule has 0 radical (unpaired) electrons. The maximum absolute atomic E-state index is 12.9. The molecule has 1 amide bonds. The van der Waals surface area contributed by atoms with Gasteiger partial charge in [-0.05, 0) is 38.1 Å². The number of benzene rings is 1. The first kappa shape index (κ1) is 19.8. The summed E-state index contributed by atoms with van der Waals surface area (Å²) in [6.45, 7) is 3.40. The molecule has 30 heavy (non-hydrogen) atoms. The number of aryl methyl sites for hydroxylation is 2. The van der Waals surface area contributed by atoms with Crippen LogP contribution >= 0.6 is 11.3 Å². The second kappa shape index (κ2) is 7.38. The zero-order valence-corrected chi connectivity index (χ0v) is 17.7. The zero-order chi connectivity index (χ0) is 21.6. The molecular weight excluding hydrogens is 404 g/mol. The molecule has 3 heterocycles. The molecule has 10 heteroatoms. The van der Waals surface area contributed by atoms with E-state index in [0.717, 1.165) is 15.1 Å². The first-order valence-electron chi connectivity index (χ1n) is 9.25. The maximum Gasteiger partial charge on any atom is 0.332 e. The van der Waals surface area contributed by atoms with Crippen LogP contribution in [0.5, 0.6) is 0 Å². The average Bonchev–Trinajstić information content (AvgIpc) is 3.39. The van der Waals surface area contributed by atoms with Crippen molar-refractivity contribution < 1.29 is 4.79 Å². The van der Waals surface area contributed by atoms with Crippen LogP contribution in [0.2, 0.25) is 0 Å². The van der Waals surface area contributed by atoms with Crippen molar-refractivity contribution in [1.82, 2.24) is 23.7 Å². The summed E-state index contributed by atoms with van der Waals surface area (Å²) in [4.78, 5) is 46.4. The summed E-state index contributed by atoms with van der Waals surface area (Å²) in [6, 6.07) is 6.69. The van der Waals surface area contributed by atoms with Crippen LogP contribution < -0.4 is 16.6 Å². The third kappa shape index (κ3) is 3.14. The topological polar surface area (TPSA) is 104 Å². The van der Waals surface area contributed by atoms with Gasteiger partial charge in [-0.15, -0.1) is 11.3 Å². The molecule has 0 aliphatic carbocycles. The van der Waals surface area contributed by atoms with Gasteiger partial charge in [0.25, 0.3) is 5.56 Å². The fourth-order valence-corrected chi connectivity index (χ4v) is 4.07. The molecule has 0 spiro atoms. The Balaban J connectivity index is 1.66. The Bertz CT molecular complexity index is 1360. The lowest BCUT2D eigenvalue weighted by atomic mass is 10.2. The van der Waals surface area contributed by atoms with Crippen molar-refractivity contribution in [2.24, 2.45) is 14.1 Å². The third-order valence-corrected chi connectivity index (χ3v) is 5.89. The molecule has 0 unspecified atom stereocenters. The van der Waals surface area contributed by atoms with Crippen molar-refractivity contribution >= 4 is 34.1 Å². The van der Waals surface area contributed by atoms with Gasteiger partial charge in [-0.3, -0.25) is 18.7 Å². The number of nitrogens with zero attached hydrogens (tertiary/aromatic N) is 5. The van der Waals surface area contributed by atoms with E-state index in [-0.39, 0.29) is 17.1 Å². The lowest BCUT2D eigenvalue weighted by molar-refractivity contribution is -0.118. The Morgan fingerprint density at radius 1 is 1.13 bits per heavy atom. The van der Waals surface area contributed by atoms with Crippen LogP contribution in [-0.4, -0.2) is 29.6 Å². The van der Waals surface area contributed by atoms with Crippen LogP contribution in [0.1, 0.15) is 18.8 Å². The molecule has 3 aromatic heterocycles. The molecule has 0 saturated carbocycles. The Morgan fingerprint density at radius 2 is 1.83 bits per heavy atom. The minimum atomic E-state index is -0.709. The van der Waals surface area contributed by atoms with Crippen LogP contribution in [-0.2, 0) is 18.9 Å². The van der Waals surface area contributed by atoms with Gasteiger partial charge in [0.05, 0.1) is 0 Å². The fraction of sp³-hybridized carbons (Fsp3) is 0.250. The summed E-state index contributed by atoms with van der Waals surface area (Å²) >= 11 is 1.54. The van der Waals surface area contributed by atoms with Crippen LogP contribution in [0.3, 0.4) is 0 Å². The minimum absolute atomic E-state index is 0.221. The van der Waals surface area contributed by atoms with Gasteiger partial charge in [0.15, 0.2) is 11.2 Å². The van der Waals surface area contributed by atoms with Gasteiger partial charge >= 0.3 is 5.69 Å². The number of thiazole rings is 1. The van der Waals surface area contributed by atoms with Gasteiger partial charge in [-0.25, -0.2) is 14.8 Å². The van der Waals surface area contributed by atoms with Gasteiger partial charge < -0.3 is 9.88 Å². The summed E-state index contributed by atoms with van der Waals surface area (Å²) in [6.07, 6.45) is 1.75. The Hall–Kier alpha value is -3.53. The van der Waals surface area contributed by atoms with Crippen molar-refractivity contribution in [2.75, 3.05) is 5.32 Å². The number of fused-ring (bicyclic) bond motifs is 1.